The Morgan fingerprint density at radius 1 is 1.10 bits per heavy atom. The molecule has 3 aromatic rings. The smallest absolute Gasteiger partial charge is 0.203 e. The first-order valence-corrected chi connectivity index (χ1v) is 11.0. The highest BCUT2D eigenvalue weighted by atomic mass is 32.1. The molecule has 1 heterocycles. The molecule has 5 nitrogen and oxygen atoms in total. The molecule has 1 saturated carbocycles. The van der Waals surface area contributed by atoms with Gasteiger partial charge in [0.15, 0.2) is 6.67 Å². The van der Waals surface area contributed by atoms with Crippen LogP contribution in [0.25, 0.3) is 10.8 Å². The first-order valence-electron chi connectivity index (χ1n) is 10.6. The van der Waals surface area contributed by atoms with Crippen LogP contribution in [0.1, 0.15) is 49.5 Å². The monoisotopic (exact) mass is 411 g/mol. The summed E-state index contributed by atoms with van der Waals surface area (Å²) < 4.78 is 10.5. The van der Waals surface area contributed by atoms with Crippen LogP contribution in [0.3, 0.4) is 0 Å². The maximum atomic E-state index is 5.80. The summed E-state index contributed by atoms with van der Waals surface area (Å²) in [4.78, 5) is 1.36. The molecule has 29 heavy (non-hydrogen) atoms. The highest BCUT2D eigenvalue weighted by molar-refractivity contribution is 7.71. The fourth-order valence-electron chi connectivity index (χ4n) is 4.56. The van der Waals surface area contributed by atoms with E-state index >= 15 is 0 Å². The van der Waals surface area contributed by atoms with Gasteiger partial charge in [0.1, 0.15) is 18.1 Å². The quantitative estimate of drug-likeness (QED) is 0.622. The average molecular weight is 412 g/mol. The van der Waals surface area contributed by atoms with Gasteiger partial charge in [-0.3, -0.25) is 0 Å². The Morgan fingerprint density at radius 3 is 2.59 bits per heavy atom. The number of rotatable bonds is 6. The van der Waals surface area contributed by atoms with Crippen LogP contribution in [0.2, 0.25) is 0 Å². The molecule has 0 saturated heterocycles. The van der Waals surface area contributed by atoms with Crippen LogP contribution in [0.5, 0.6) is 5.75 Å². The van der Waals surface area contributed by atoms with Crippen molar-refractivity contribution < 1.29 is 9.64 Å². The van der Waals surface area contributed by atoms with Gasteiger partial charge in [0.05, 0.1) is 14.2 Å². The molecule has 0 radical (unpaired) electrons. The van der Waals surface area contributed by atoms with E-state index in [-0.39, 0.29) is 0 Å². The van der Waals surface area contributed by atoms with Crippen molar-refractivity contribution in [3.05, 3.63) is 52.6 Å². The van der Waals surface area contributed by atoms with Gasteiger partial charge in [0.25, 0.3) is 0 Å². The lowest BCUT2D eigenvalue weighted by Crippen LogP contribution is -3.07. The Balaban J connectivity index is 1.48. The van der Waals surface area contributed by atoms with Gasteiger partial charge in [-0.15, -0.1) is 0 Å². The second-order valence-corrected chi connectivity index (χ2v) is 8.70. The molecule has 0 spiro atoms. The third-order valence-electron chi connectivity index (χ3n) is 6.02. The van der Waals surface area contributed by atoms with Crippen molar-refractivity contribution in [3.8, 4) is 5.75 Å². The number of nitrogens with zero attached hydrogens (tertiary/aromatic N) is 3. The van der Waals surface area contributed by atoms with Gasteiger partial charge in [-0.1, -0.05) is 37.5 Å². The molecule has 1 aromatic heterocycles. The van der Waals surface area contributed by atoms with Gasteiger partial charge in [0, 0.05) is 11.6 Å². The number of hydrogen-bond donors (Lipinski definition) is 1. The van der Waals surface area contributed by atoms with E-state index in [1.807, 2.05) is 10.7 Å². The van der Waals surface area contributed by atoms with Gasteiger partial charge in [-0.2, -0.15) is 9.78 Å². The van der Waals surface area contributed by atoms with Crippen LogP contribution in [0.15, 0.2) is 36.4 Å². The number of methoxy groups -OCH3 is 1. The summed E-state index contributed by atoms with van der Waals surface area (Å²) >= 11 is 5.80. The minimum Gasteiger partial charge on any atom is -0.497 e. The van der Waals surface area contributed by atoms with Gasteiger partial charge in [0.2, 0.25) is 4.77 Å². The van der Waals surface area contributed by atoms with Crippen molar-refractivity contribution in [3.63, 3.8) is 0 Å². The van der Waals surface area contributed by atoms with Crippen LogP contribution in [-0.4, -0.2) is 28.5 Å². The molecule has 0 amide bonds. The molecule has 1 atom stereocenters. The van der Waals surface area contributed by atoms with Gasteiger partial charge < -0.3 is 14.2 Å². The maximum absolute atomic E-state index is 5.80. The molecule has 2 aromatic carbocycles. The molecule has 4 rings (SSSR count). The zero-order valence-electron chi connectivity index (χ0n) is 17.6. The van der Waals surface area contributed by atoms with Gasteiger partial charge >= 0.3 is 0 Å². The number of nitrogens with one attached hydrogen (secondary N) is 1. The first kappa shape index (κ1) is 20.1. The molecule has 1 aliphatic rings. The van der Waals surface area contributed by atoms with Crippen molar-refractivity contribution in [2.75, 3.05) is 14.2 Å². The average Bonchev–Trinajstić information content (AvgIpc) is 3.01. The van der Waals surface area contributed by atoms with Crippen LogP contribution >= 0.6 is 12.2 Å². The number of quaternary nitrogens is 1. The molecule has 6 heteroatoms. The molecule has 0 aliphatic heterocycles. The molecule has 1 fully saturated rings. The Hall–Kier alpha value is -2.18. The van der Waals surface area contributed by atoms with E-state index in [2.05, 4.69) is 48.9 Å². The Bertz CT molecular complexity index is 1050. The van der Waals surface area contributed by atoms with E-state index in [9.17, 15) is 0 Å². The third-order valence-corrected chi connectivity index (χ3v) is 6.43. The van der Waals surface area contributed by atoms with Crippen molar-refractivity contribution >= 4 is 23.0 Å². The van der Waals surface area contributed by atoms with Crippen LogP contribution in [0.4, 0.5) is 0 Å². The van der Waals surface area contributed by atoms with Crippen LogP contribution in [-0.2, 0) is 13.2 Å². The lowest BCUT2D eigenvalue weighted by molar-refractivity contribution is -0.917. The molecule has 1 N–H and O–H groups in total. The highest BCUT2D eigenvalue weighted by Gasteiger charge is 2.20. The maximum Gasteiger partial charge on any atom is 0.203 e. The normalized spacial score (nSPS) is 16.2. The predicted molar refractivity (Wildman–Crippen MR) is 119 cm³/mol. The summed E-state index contributed by atoms with van der Waals surface area (Å²) in [5, 5.41) is 7.22. The zero-order valence-corrected chi connectivity index (χ0v) is 18.5. The SMILES string of the molecule is COc1ccc2cc(C[NH+](C)Cn3nc(C)n(C4CCCCC4)c3=S)ccc2c1. The predicted octanol–water partition coefficient (Wildman–Crippen LogP) is 4.06. The van der Waals surface area contributed by atoms with Crippen LogP contribution in [0, 0.1) is 11.7 Å². The summed E-state index contributed by atoms with van der Waals surface area (Å²) in [6.45, 7) is 3.80. The van der Waals surface area contributed by atoms with E-state index in [1.54, 1.807) is 7.11 Å². The molecule has 0 bridgehead atoms. The molecule has 1 aliphatic carbocycles. The van der Waals surface area contributed by atoms with Crippen molar-refractivity contribution in [2.45, 2.75) is 58.3 Å². The Labute approximate surface area is 177 Å². The minimum atomic E-state index is 0.530. The highest BCUT2D eigenvalue weighted by Crippen LogP contribution is 2.29. The molecule has 154 valence electrons. The van der Waals surface area contributed by atoms with Crippen LogP contribution < -0.4 is 9.64 Å². The van der Waals surface area contributed by atoms with E-state index in [1.165, 1.54) is 53.3 Å². The van der Waals surface area contributed by atoms with E-state index in [0.717, 1.165) is 29.6 Å². The third kappa shape index (κ3) is 4.38. The summed E-state index contributed by atoms with van der Waals surface area (Å²) in [5.41, 5.74) is 1.31. The Kier molecular flexibility index (Phi) is 6.01. The van der Waals surface area contributed by atoms with E-state index < -0.39 is 0 Å². The summed E-state index contributed by atoms with van der Waals surface area (Å²) in [6.07, 6.45) is 6.41. The zero-order chi connectivity index (χ0) is 20.4. The summed E-state index contributed by atoms with van der Waals surface area (Å²) in [6, 6.07) is 13.4. The topological polar surface area (TPSA) is 36.4 Å². The van der Waals surface area contributed by atoms with Crippen molar-refractivity contribution in [2.24, 2.45) is 0 Å². The van der Waals surface area contributed by atoms with Gasteiger partial charge in [-0.25, -0.2) is 0 Å². The lowest BCUT2D eigenvalue weighted by atomic mass is 9.95. The number of benzene rings is 2. The lowest BCUT2D eigenvalue weighted by Gasteiger charge is -2.23. The fourth-order valence-corrected chi connectivity index (χ4v) is 4.95. The summed E-state index contributed by atoms with van der Waals surface area (Å²) in [7, 11) is 3.91. The minimum absolute atomic E-state index is 0.530. The summed E-state index contributed by atoms with van der Waals surface area (Å²) in [5.74, 6) is 1.95. The second kappa shape index (κ2) is 8.67. The standard InChI is InChI=1S/C23H30N4OS/c1-17-24-26(23(29)27(17)21-7-5-4-6-8-21)16-25(2)15-18-9-10-20-14-22(28-3)12-11-19(20)13-18/h9-14,21H,4-8,15-16H2,1-3H3/p+1. The second-order valence-electron chi connectivity index (χ2n) is 8.33. The van der Waals surface area contributed by atoms with Gasteiger partial charge in [-0.05, 0) is 61.0 Å². The van der Waals surface area contributed by atoms with Crippen molar-refractivity contribution in [1.29, 1.82) is 0 Å². The number of hydrogen-bond acceptors (Lipinski definition) is 3. The fraction of sp³-hybridized carbons (Fsp3) is 0.478. The van der Waals surface area contributed by atoms with Crippen molar-refractivity contribution in [1.82, 2.24) is 14.3 Å². The van der Waals surface area contributed by atoms with E-state index in [0.29, 0.717) is 6.04 Å². The Morgan fingerprint density at radius 2 is 1.83 bits per heavy atom. The number of aromatic nitrogens is 3. The first-order chi connectivity index (χ1) is 14.0. The molecular formula is C23H31N4OS+. The molecule has 1 unspecified atom stereocenters. The largest absolute Gasteiger partial charge is 0.497 e. The number of aryl methyl sites for hydroxylation is 1. The molecular weight excluding hydrogens is 380 g/mol. The number of ether oxygens (including phenoxy) is 1. The van der Waals surface area contributed by atoms with E-state index in [4.69, 9.17) is 22.1 Å². The number of fused-ring (bicyclic) bond motifs is 1.